The van der Waals surface area contributed by atoms with Crippen LogP contribution >= 0.6 is 0 Å². The number of esters is 2. The monoisotopic (exact) mass is 384 g/mol. The average Bonchev–Trinajstić information content (AvgIpc) is 2.67. The van der Waals surface area contributed by atoms with Crippen molar-refractivity contribution >= 4 is 22.0 Å². The number of carbonyl (C=O) groups is 2. The summed E-state index contributed by atoms with van der Waals surface area (Å²) in [5, 5.41) is 3.28. The molecule has 1 heterocycles. The van der Waals surface area contributed by atoms with Crippen molar-refractivity contribution in [3.05, 3.63) is 29.3 Å². The lowest BCUT2D eigenvalue weighted by atomic mass is 9.96. The maximum Gasteiger partial charge on any atom is 0.339 e. The van der Waals surface area contributed by atoms with Gasteiger partial charge in [0.2, 0.25) is 10.0 Å². The first-order valence-electron chi connectivity index (χ1n) is 8.40. The first-order valence-corrected chi connectivity index (χ1v) is 9.88. The van der Waals surface area contributed by atoms with Crippen LogP contribution in [0.25, 0.3) is 0 Å². The van der Waals surface area contributed by atoms with Gasteiger partial charge in [-0.1, -0.05) is 0 Å². The third-order valence-electron chi connectivity index (χ3n) is 4.34. The highest BCUT2D eigenvalue weighted by Crippen LogP contribution is 2.20. The molecule has 1 aromatic carbocycles. The Kier molecular flexibility index (Phi) is 7.13. The van der Waals surface area contributed by atoms with E-state index in [4.69, 9.17) is 0 Å². The van der Waals surface area contributed by atoms with Crippen molar-refractivity contribution in [2.75, 3.05) is 33.9 Å². The highest BCUT2D eigenvalue weighted by Gasteiger charge is 2.25. The van der Waals surface area contributed by atoms with Crippen LogP contribution in [0.2, 0.25) is 0 Å². The predicted octanol–water partition coefficient (Wildman–Crippen LogP) is 0.928. The summed E-state index contributed by atoms with van der Waals surface area (Å²) in [5.74, 6) is -1.07. The molecule has 1 fully saturated rings. The van der Waals surface area contributed by atoms with Gasteiger partial charge in [0.05, 0.1) is 30.2 Å². The smallest absolute Gasteiger partial charge is 0.339 e. The topological polar surface area (TPSA) is 111 Å². The van der Waals surface area contributed by atoms with Crippen LogP contribution in [-0.4, -0.2) is 54.2 Å². The second kappa shape index (κ2) is 9.11. The van der Waals surface area contributed by atoms with Crippen molar-refractivity contribution in [3.63, 3.8) is 0 Å². The van der Waals surface area contributed by atoms with E-state index in [0.29, 0.717) is 12.3 Å². The number of hydrogen-bond acceptors (Lipinski definition) is 7. The van der Waals surface area contributed by atoms with E-state index in [0.717, 1.165) is 39.1 Å². The molecule has 0 radical (unpaired) electrons. The minimum Gasteiger partial charge on any atom is -0.465 e. The molecule has 1 aliphatic heterocycles. The highest BCUT2D eigenvalue weighted by atomic mass is 32.2. The third-order valence-corrected chi connectivity index (χ3v) is 5.84. The predicted molar refractivity (Wildman–Crippen MR) is 94.5 cm³/mol. The van der Waals surface area contributed by atoms with Gasteiger partial charge in [0.1, 0.15) is 0 Å². The van der Waals surface area contributed by atoms with Crippen molar-refractivity contribution < 1.29 is 27.5 Å². The Morgan fingerprint density at radius 1 is 1.23 bits per heavy atom. The van der Waals surface area contributed by atoms with Crippen LogP contribution in [0.5, 0.6) is 0 Å². The molecule has 0 saturated carbocycles. The van der Waals surface area contributed by atoms with Crippen molar-refractivity contribution in [3.8, 4) is 0 Å². The van der Waals surface area contributed by atoms with E-state index in [2.05, 4.69) is 19.5 Å². The lowest BCUT2D eigenvalue weighted by molar-refractivity contribution is 0.0583. The molecule has 9 heteroatoms. The Balaban J connectivity index is 2.21. The number of rotatable bonds is 7. The van der Waals surface area contributed by atoms with Gasteiger partial charge in [-0.15, -0.1) is 0 Å². The summed E-state index contributed by atoms with van der Waals surface area (Å²) in [6.07, 6.45) is 2.82. The van der Waals surface area contributed by atoms with E-state index >= 15 is 0 Å². The summed E-state index contributed by atoms with van der Waals surface area (Å²) in [6.45, 7) is 2.11. The van der Waals surface area contributed by atoms with E-state index in [9.17, 15) is 18.0 Å². The largest absolute Gasteiger partial charge is 0.465 e. The van der Waals surface area contributed by atoms with Gasteiger partial charge in [0.15, 0.2) is 0 Å². The average molecular weight is 384 g/mol. The van der Waals surface area contributed by atoms with Crippen LogP contribution in [0.15, 0.2) is 23.1 Å². The van der Waals surface area contributed by atoms with Crippen LogP contribution in [-0.2, 0) is 19.5 Å². The van der Waals surface area contributed by atoms with Gasteiger partial charge < -0.3 is 14.8 Å². The zero-order valence-corrected chi connectivity index (χ0v) is 15.7. The van der Waals surface area contributed by atoms with E-state index in [1.165, 1.54) is 19.2 Å². The van der Waals surface area contributed by atoms with Gasteiger partial charge in [0, 0.05) is 6.54 Å². The minimum atomic E-state index is -3.99. The molecule has 0 aliphatic carbocycles. The van der Waals surface area contributed by atoms with Gasteiger partial charge in [-0.25, -0.2) is 22.7 Å². The fraction of sp³-hybridized carbons (Fsp3) is 0.529. The summed E-state index contributed by atoms with van der Waals surface area (Å²) in [7, 11) is -1.63. The van der Waals surface area contributed by atoms with Crippen molar-refractivity contribution in [2.45, 2.75) is 24.2 Å². The first kappa shape index (κ1) is 20.3. The molecule has 144 valence electrons. The third kappa shape index (κ3) is 5.03. The summed E-state index contributed by atoms with van der Waals surface area (Å²) in [6, 6.07) is 3.70. The lowest BCUT2D eigenvalue weighted by Crippen LogP contribution is -2.33. The molecule has 1 aromatic rings. The molecule has 26 heavy (non-hydrogen) atoms. The Hall–Kier alpha value is -1.97. The van der Waals surface area contributed by atoms with E-state index < -0.39 is 22.0 Å². The molecule has 1 unspecified atom stereocenters. The number of benzene rings is 1. The molecule has 0 aromatic heterocycles. The molecule has 0 spiro atoms. The van der Waals surface area contributed by atoms with Crippen LogP contribution in [0, 0.1) is 5.92 Å². The quantitative estimate of drug-likeness (QED) is 0.673. The van der Waals surface area contributed by atoms with Crippen LogP contribution < -0.4 is 10.0 Å². The fourth-order valence-electron chi connectivity index (χ4n) is 2.91. The summed E-state index contributed by atoms with van der Waals surface area (Å²) >= 11 is 0. The van der Waals surface area contributed by atoms with Crippen LogP contribution in [0.4, 0.5) is 0 Å². The minimum absolute atomic E-state index is 0.0389. The fourth-order valence-corrected chi connectivity index (χ4v) is 4.18. The number of hydrogen-bond donors (Lipinski definition) is 2. The maximum atomic E-state index is 12.7. The number of piperidine rings is 1. The van der Waals surface area contributed by atoms with E-state index in [1.807, 2.05) is 0 Å². The Bertz CT molecular complexity index is 757. The zero-order chi connectivity index (χ0) is 19.2. The SMILES string of the molecule is COC(=O)c1ccc(C(=O)OC)c(S(=O)(=O)NCCC2CCCNC2)c1. The highest BCUT2D eigenvalue weighted by molar-refractivity contribution is 7.89. The van der Waals surface area contributed by atoms with Gasteiger partial charge in [0.25, 0.3) is 0 Å². The van der Waals surface area contributed by atoms with Gasteiger partial charge in [-0.2, -0.15) is 0 Å². The first-order chi connectivity index (χ1) is 12.4. The molecule has 0 amide bonds. The van der Waals surface area contributed by atoms with Gasteiger partial charge >= 0.3 is 11.9 Å². The molecule has 0 bridgehead atoms. The van der Waals surface area contributed by atoms with Crippen molar-refractivity contribution in [1.82, 2.24) is 10.0 Å². The summed E-state index contributed by atoms with van der Waals surface area (Å²) in [4.78, 5) is 23.3. The van der Waals surface area contributed by atoms with Gasteiger partial charge in [-0.3, -0.25) is 0 Å². The molecule has 8 nitrogen and oxygen atoms in total. The maximum absolute atomic E-state index is 12.7. The lowest BCUT2D eigenvalue weighted by Gasteiger charge is -2.22. The molecule has 1 atom stereocenters. The normalized spacial score (nSPS) is 17.5. The van der Waals surface area contributed by atoms with Crippen molar-refractivity contribution in [2.24, 2.45) is 5.92 Å². The second-order valence-electron chi connectivity index (χ2n) is 6.09. The van der Waals surface area contributed by atoms with E-state index in [1.54, 1.807) is 0 Å². The van der Waals surface area contributed by atoms with Gasteiger partial charge in [-0.05, 0) is 56.5 Å². The second-order valence-corrected chi connectivity index (χ2v) is 7.83. The summed E-state index contributed by atoms with van der Waals surface area (Å²) < 4.78 is 37.2. The number of nitrogens with one attached hydrogen (secondary N) is 2. The number of carbonyl (C=O) groups excluding carboxylic acids is 2. The Labute approximate surface area is 153 Å². The Morgan fingerprint density at radius 3 is 2.58 bits per heavy atom. The standard InChI is InChI=1S/C17H24N2O6S/c1-24-16(20)13-5-6-14(17(21)25-2)15(10-13)26(22,23)19-9-7-12-4-3-8-18-11-12/h5-6,10,12,18-19H,3-4,7-9,11H2,1-2H3. The van der Waals surface area contributed by atoms with Crippen LogP contribution in [0.1, 0.15) is 40.0 Å². The summed E-state index contributed by atoms with van der Waals surface area (Å²) in [5.41, 5.74) is -0.0935. The van der Waals surface area contributed by atoms with Crippen LogP contribution in [0.3, 0.4) is 0 Å². The number of sulfonamides is 1. The molecule has 2 rings (SSSR count). The molecule has 2 N–H and O–H groups in total. The number of methoxy groups -OCH3 is 2. The molecular formula is C17H24N2O6S. The molecule has 1 saturated heterocycles. The van der Waals surface area contributed by atoms with E-state index in [-0.39, 0.29) is 22.6 Å². The Morgan fingerprint density at radius 2 is 1.96 bits per heavy atom. The number of ether oxygens (including phenoxy) is 2. The molecule has 1 aliphatic rings. The van der Waals surface area contributed by atoms with Crippen molar-refractivity contribution in [1.29, 1.82) is 0 Å². The molecular weight excluding hydrogens is 360 g/mol. The zero-order valence-electron chi connectivity index (χ0n) is 14.9.